The molecule has 2 aromatic carbocycles. The smallest absolute Gasteiger partial charge is 0.227 e. The van der Waals surface area contributed by atoms with E-state index in [2.05, 4.69) is 15.6 Å². The third-order valence-electron chi connectivity index (χ3n) is 7.13. The van der Waals surface area contributed by atoms with Crippen molar-refractivity contribution in [2.45, 2.75) is 64.2 Å². The molecule has 5 rings (SSSR count). The van der Waals surface area contributed by atoms with Crippen molar-refractivity contribution < 1.29 is 9.59 Å². The van der Waals surface area contributed by atoms with E-state index in [1.54, 1.807) is 0 Å². The quantitative estimate of drug-likeness (QED) is 0.311. The average Bonchev–Trinajstić information content (AvgIpc) is 3.29. The van der Waals surface area contributed by atoms with Gasteiger partial charge in [-0.25, -0.2) is 4.98 Å². The van der Waals surface area contributed by atoms with Crippen molar-refractivity contribution in [3.8, 4) is 11.4 Å². The largest absolute Gasteiger partial charge is 0.813 e. The van der Waals surface area contributed by atoms with Crippen LogP contribution >= 0.6 is 0 Å². The van der Waals surface area contributed by atoms with Crippen LogP contribution in [0, 0.1) is 11.8 Å². The Morgan fingerprint density at radius 2 is 1.26 bits per heavy atom. The molecule has 0 unspecified atom stereocenters. The fraction of sp³-hybridized carbons (Fsp3) is 0.444. The number of aromatic amines is 1. The van der Waals surface area contributed by atoms with E-state index >= 15 is 0 Å². The number of aromatic nitrogens is 2. The van der Waals surface area contributed by atoms with Crippen molar-refractivity contribution >= 4 is 47.7 Å². The molecule has 1 aromatic heterocycles. The van der Waals surface area contributed by atoms with E-state index in [4.69, 9.17) is 4.98 Å². The minimum absolute atomic E-state index is 0. The molecular formula is C27H33N4O2S-. The number of amides is 2. The summed E-state index contributed by atoms with van der Waals surface area (Å²) in [7, 11) is 0. The monoisotopic (exact) mass is 477 g/mol. The maximum absolute atomic E-state index is 12.6. The van der Waals surface area contributed by atoms with Crippen LogP contribution in [0.3, 0.4) is 0 Å². The molecule has 0 atom stereocenters. The average molecular weight is 478 g/mol. The SMILES string of the molecule is O=C(Nc1ccc(-c2nc3ccc(NC(=O)C4CCCCC4)cc3[nH]2)cc1)C1CCCCC1.[SH-]. The first kappa shape index (κ1) is 24.3. The summed E-state index contributed by atoms with van der Waals surface area (Å²) < 4.78 is 0. The van der Waals surface area contributed by atoms with Gasteiger partial charge in [0.25, 0.3) is 0 Å². The van der Waals surface area contributed by atoms with E-state index in [1.807, 2.05) is 42.5 Å². The molecule has 0 aliphatic heterocycles. The number of thiol groups is 1. The molecule has 0 bridgehead atoms. The molecule has 180 valence electrons. The lowest BCUT2D eigenvalue weighted by atomic mass is 9.88. The number of H-pyrrole nitrogens is 1. The number of benzene rings is 2. The molecule has 7 heteroatoms. The summed E-state index contributed by atoms with van der Waals surface area (Å²) in [6, 6.07) is 13.6. The van der Waals surface area contributed by atoms with Crippen LogP contribution in [0.15, 0.2) is 42.5 Å². The molecule has 2 aliphatic carbocycles. The van der Waals surface area contributed by atoms with E-state index in [1.165, 1.54) is 12.8 Å². The fourth-order valence-corrected chi connectivity index (χ4v) is 5.15. The summed E-state index contributed by atoms with van der Waals surface area (Å²) in [4.78, 5) is 33.1. The van der Waals surface area contributed by atoms with Crippen LogP contribution < -0.4 is 10.6 Å². The highest BCUT2D eigenvalue weighted by molar-refractivity contribution is 7.37. The third kappa shape index (κ3) is 5.63. The van der Waals surface area contributed by atoms with Crippen LogP contribution in [0.1, 0.15) is 64.2 Å². The van der Waals surface area contributed by atoms with Crippen molar-refractivity contribution in [3.63, 3.8) is 0 Å². The van der Waals surface area contributed by atoms with Crippen LogP contribution in [0.25, 0.3) is 22.4 Å². The van der Waals surface area contributed by atoms with Gasteiger partial charge in [-0.1, -0.05) is 38.5 Å². The summed E-state index contributed by atoms with van der Waals surface area (Å²) in [5.41, 5.74) is 4.32. The second kappa shape index (κ2) is 11.1. The summed E-state index contributed by atoms with van der Waals surface area (Å²) in [5.74, 6) is 1.30. The summed E-state index contributed by atoms with van der Waals surface area (Å²) in [6.07, 6.45) is 11.0. The van der Waals surface area contributed by atoms with Gasteiger partial charge >= 0.3 is 0 Å². The maximum atomic E-state index is 12.6. The number of nitrogens with one attached hydrogen (secondary N) is 3. The van der Waals surface area contributed by atoms with Gasteiger partial charge in [-0.2, -0.15) is 0 Å². The first-order valence-corrected chi connectivity index (χ1v) is 12.4. The molecule has 3 N–H and O–H groups in total. The molecule has 2 amide bonds. The molecule has 0 saturated heterocycles. The van der Waals surface area contributed by atoms with Crippen molar-refractivity contribution in [1.82, 2.24) is 9.97 Å². The van der Waals surface area contributed by atoms with Crippen LogP contribution in [0.4, 0.5) is 11.4 Å². The van der Waals surface area contributed by atoms with Crippen molar-refractivity contribution in [2.75, 3.05) is 10.6 Å². The standard InChI is InChI=1S/C27H32N4O2.H2S/c32-26(19-7-3-1-4-8-19)28-21-13-11-18(12-14-21)25-30-23-16-15-22(17-24(23)31-25)29-27(33)20-9-5-2-6-10-20;/h11-17,19-20H,1-10H2,(H,28,32)(H,29,33)(H,30,31);1H2/p-1. The van der Waals surface area contributed by atoms with Crippen molar-refractivity contribution in [3.05, 3.63) is 42.5 Å². The van der Waals surface area contributed by atoms with Gasteiger partial charge in [-0.15, -0.1) is 0 Å². The highest BCUT2D eigenvalue weighted by atomic mass is 32.1. The van der Waals surface area contributed by atoms with Gasteiger partial charge in [0.2, 0.25) is 11.8 Å². The Morgan fingerprint density at radius 1 is 0.735 bits per heavy atom. The molecule has 2 fully saturated rings. The Labute approximate surface area is 207 Å². The van der Waals surface area contributed by atoms with Crippen LogP contribution in [0.2, 0.25) is 0 Å². The lowest BCUT2D eigenvalue weighted by Gasteiger charge is -2.20. The lowest BCUT2D eigenvalue weighted by molar-refractivity contribution is -0.121. The number of rotatable bonds is 5. The minimum atomic E-state index is 0. The Morgan fingerprint density at radius 3 is 1.85 bits per heavy atom. The Kier molecular flexibility index (Phi) is 7.93. The van der Waals surface area contributed by atoms with E-state index in [0.717, 1.165) is 85.2 Å². The zero-order valence-corrected chi connectivity index (χ0v) is 20.4. The van der Waals surface area contributed by atoms with Crippen LogP contribution in [-0.4, -0.2) is 21.8 Å². The van der Waals surface area contributed by atoms with E-state index in [9.17, 15) is 9.59 Å². The van der Waals surface area contributed by atoms with E-state index < -0.39 is 0 Å². The summed E-state index contributed by atoms with van der Waals surface area (Å²) in [6.45, 7) is 0. The number of nitrogens with zero attached hydrogens (tertiary/aromatic N) is 1. The second-order valence-electron chi connectivity index (χ2n) is 9.54. The van der Waals surface area contributed by atoms with Gasteiger partial charge in [0, 0.05) is 28.8 Å². The second-order valence-corrected chi connectivity index (χ2v) is 9.54. The summed E-state index contributed by atoms with van der Waals surface area (Å²) >= 11 is 0. The number of hydrogen-bond donors (Lipinski definition) is 3. The van der Waals surface area contributed by atoms with E-state index in [-0.39, 0.29) is 37.1 Å². The predicted octanol–water partition coefficient (Wildman–Crippen LogP) is 6.00. The molecule has 3 aromatic rings. The predicted molar refractivity (Wildman–Crippen MR) is 141 cm³/mol. The molecule has 2 saturated carbocycles. The van der Waals surface area contributed by atoms with Crippen molar-refractivity contribution in [2.24, 2.45) is 11.8 Å². The van der Waals surface area contributed by atoms with Crippen LogP contribution in [-0.2, 0) is 23.1 Å². The Bertz CT molecular complexity index is 1130. The topological polar surface area (TPSA) is 86.9 Å². The lowest BCUT2D eigenvalue weighted by Crippen LogP contribution is -2.24. The van der Waals surface area contributed by atoms with Gasteiger partial charge in [0.15, 0.2) is 0 Å². The van der Waals surface area contributed by atoms with Gasteiger partial charge < -0.3 is 29.1 Å². The normalized spacial score (nSPS) is 17.2. The molecule has 34 heavy (non-hydrogen) atoms. The Balaban J connectivity index is 0.00000274. The van der Waals surface area contributed by atoms with Gasteiger partial charge in [0.05, 0.1) is 11.0 Å². The minimum Gasteiger partial charge on any atom is -0.813 e. The molecule has 6 nitrogen and oxygen atoms in total. The van der Waals surface area contributed by atoms with Gasteiger partial charge in [-0.05, 0) is 68.1 Å². The van der Waals surface area contributed by atoms with Gasteiger partial charge in [0.1, 0.15) is 5.82 Å². The number of hydrogen-bond acceptors (Lipinski definition) is 4. The van der Waals surface area contributed by atoms with Crippen molar-refractivity contribution in [1.29, 1.82) is 0 Å². The molecule has 1 heterocycles. The first-order chi connectivity index (χ1) is 16.2. The molecule has 0 radical (unpaired) electrons. The highest BCUT2D eigenvalue weighted by Crippen LogP contribution is 2.28. The first-order valence-electron chi connectivity index (χ1n) is 12.4. The zero-order valence-electron chi connectivity index (χ0n) is 19.5. The fourth-order valence-electron chi connectivity index (χ4n) is 5.15. The highest BCUT2D eigenvalue weighted by Gasteiger charge is 2.22. The number of carbonyl (C=O) groups is 2. The molecular weight excluding hydrogens is 444 g/mol. The number of imidazole rings is 1. The van der Waals surface area contributed by atoms with Gasteiger partial charge in [-0.3, -0.25) is 9.59 Å². The molecule has 2 aliphatic rings. The number of carbonyl (C=O) groups excluding carboxylic acids is 2. The Hall–Kier alpha value is -2.80. The number of fused-ring (bicyclic) bond motifs is 1. The summed E-state index contributed by atoms with van der Waals surface area (Å²) in [5, 5.41) is 6.14. The number of anilines is 2. The zero-order chi connectivity index (χ0) is 22.6. The third-order valence-corrected chi connectivity index (χ3v) is 7.13. The molecule has 0 spiro atoms. The maximum Gasteiger partial charge on any atom is 0.227 e. The van der Waals surface area contributed by atoms with Crippen LogP contribution in [0.5, 0.6) is 0 Å². The van der Waals surface area contributed by atoms with E-state index in [0.29, 0.717) is 0 Å².